The monoisotopic (exact) mass is 312 g/mol. The predicted octanol–water partition coefficient (Wildman–Crippen LogP) is 3.41. The third kappa shape index (κ3) is 2.96. The van der Waals surface area contributed by atoms with E-state index >= 15 is 0 Å². The Kier molecular flexibility index (Phi) is 3.89. The van der Waals surface area contributed by atoms with Crippen molar-refractivity contribution >= 4 is 22.7 Å². The van der Waals surface area contributed by atoms with E-state index in [0.29, 0.717) is 39.7 Å². The van der Waals surface area contributed by atoms with Gasteiger partial charge in [0.2, 0.25) is 0 Å². The van der Waals surface area contributed by atoms with Crippen LogP contribution in [0.15, 0.2) is 40.8 Å². The highest BCUT2D eigenvalue weighted by Gasteiger charge is 2.12. The average Bonchev–Trinajstić information content (AvgIpc) is 2.94. The van der Waals surface area contributed by atoms with Crippen LogP contribution in [0.1, 0.15) is 16.2 Å². The number of carbonyl (C=O) groups is 1. The van der Waals surface area contributed by atoms with Gasteiger partial charge in [0, 0.05) is 18.6 Å². The Balaban J connectivity index is 1.87. The van der Waals surface area contributed by atoms with E-state index in [0.717, 1.165) is 0 Å². The van der Waals surface area contributed by atoms with Gasteiger partial charge in [-0.3, -0.25) is 4.79 Å². The Hall–Kier alpha value is -3.02. The minimum Gasteiger partial charge on any atom is -0.497 e. The zero-order chi connectivity index (χ0) is 16.4. The third-order valence-corrected chi connectivity index (χ3v) is 3.41. The van der Waals surface area contributed by atoms with Gasteiger partial charge in [0.25, 0.3) is 5.91 Å². The van der Waals surface area contributed by atoms with Crippen molar-refractivity contribution in [2.24, 2.45) is 0 Å². The number of oxazole rings is 1. The molecule has 0 aliphatic carbocycles. The fraction of sp³-hybridized carbons (Fsp3) is 0.176. The zero-order valence-corrected chi connectivity index (χ0v) is 13.0. The fourth-order valence-corrected chi connectivity index (χ4v) is 2.28. The topological polar surface area (TPSA) is 73.6 Å². The Bertz CT molecular complexity index is 870. The first kappa shape index (κ1) is 14.9. The second-order valence-corrected chi connectivity index (χ2v) is 4.94. The molecule has 0 atom stereocenters. The quantitative estimate of drug-likeness (QED) is 0.799. The summed E-state index contributed by atoms with van der Waals surface area (Å²) in [5.41, 5.74) is 2.36. The van der Waals surface area contributed by atoms with Crippen LogP contribution in [0.2, 0.25) is 0 Å². The van der Waals surface area contributed by atoms with Gasteiger partial charge >= 0.3 is 0 Å². The molecule has 0 aliphatic rings. The van der Waals surface area contributed by atoms with Crippen molar-refractivity contribution in [1.82, 2.24) is 4.98 Å². The summed E-state index contributed by atoms with van der Waals surface area (Å²) in [5.74, 6) is 1.49. The van der Waals surface area contributed by atoms with Gasteiger partial charge < -0.3 is 19.2 Å². The molecule has 1 heterocycles. The number of nitrogens with one attached hydrogen (secondary N) is 1. The lowest BCUT2D eigenvalue weighted by Gasteiger charge is -2.11. The fourth-order valence-electron chi connectivity index (χ4n) is 2.28. The maximum atomic E-state index is 12.4. The number of rotatable bonds is 4. The Labute approximate surface area is 133 Å². The summed E-state index contributed by atoms with van der Waals surface area (Å²) in [7, 11) is 3.11. The molecule has 1 N–H and O–H groups in total. The number of hydrogen-bond acceptors (Lipinski definition) is 5. The zero-order valence-electron chi connectivity index (χ0n) is 13.0. The van der Waals surface area contributed by atoms with E-state index in [9.17, 15) is 4.79 Å². The third-order valence-electron chi connectivity index (χ3n) is 3.41. The maximum Gasteiger partial charge on any atom is 0.255 e. The molecule has 1 aromatic heterocycles. The predicted molar refractivity (Wildman–Crippen MR) is 86.2 cm³/mol. The molecule has 0 unspecified atom stereocenters. The number of fused-ring (bicyclic) bond motifs is 1. The van der Waals surface area contributed by atoms with Crippen LogP contribution in [0.4, 0.5) is 5.69 Å². The molecule has 0 radical (unpaired) electrons. The highest BCUT2D eigenvalue weighted by atomic mass is 16.5. The van der Waals surface area contributed by atoms with Crippen molar-refractivity contribution in [2.45, 2.75) is 6.92 Å². The first-order chi connectivity index (χ1) is 11.1. The Morgan fingerprint density at radius 3 is 2.70 bits per heavy atom. The van der Waals surface area contributed by atoms with Crippen molar-refractivity contribution in [3.63, 3.8) is 0 Å². The van der Waals surface area contributed by atoms with Gasteiger partial charge in [-0.05, 0) is 30.3 Å². The van der Waals surface area contributed by atoms with Gasteiger partial charge in [-0.15, -0.1) is 0 Å². The lowest BCUT2D eigenvalue weighted by molar-refractivity contribution is 0.102. The van der Waals surface area contributed by atoms with Crippen molar-refractivity contribution in [2.75, 3.05) is 19.5 Å². The molecular weight excluding hydrogens is 296 g/mol. The van der Waals surface area contributed by atoms with Crippen LogP contribution in [0, 0.1) is 6.92 Å². The minimum atomic E-state index is -0.254. The van der Waals surface area contributed by atoms with Crippen molar-refractivity contribution in [3.8, 4) is 11.5 Å². The van der Waals surface area contributed by atoms with E-state index in [4.69, 9.17) is 13.9 Å². The Morgan fingerprint density at radius 1 is 1.13 bits per heavy atom. The SMILES string of the molecule is COc1ccc(NC(=O)c2ccc3oc(C)nc3c2)c(OC)c1. The van der Waals surface area contributed by atoms with Gasteiger partial charge in [0.05, 0.1) is 19.9 Å². The molecule has 6 heteroatoms. The van der Waals surface area contributed by atoms with E-state index in [2.05, 4.69) is 10.3 Å². The van der Waals surface area contributed by atoms with Crippen LogP contribution in [0.5, 0.6) is 11.5 Å². The summed E-state index contributed by atoms with van der Waals surface area (Å²) in [5, 5.41) is 2.82. The smallest absolute Gasteiger partial charge is 0.255 e. The van der Waals surface area contributed by atoms with Crippen molar-refractivity contribution in [1.29, 1.82) is 0 Å². The van der Waals surface area contributed by atoms with Crippen LogP contribution in [-0.2, 0) is 0 Å². The minimum absolute atomic E-state index is 0.254. The van der Waals surface area contributed by atoms with Crippen LogP contribution >= 0.6 is 0 Å². The summed E-state index contributed by atoms with van der Waals surface area (Å²) >= 11 is 0. The molecule has 6 nitrogen and oxygen atoms in total. The molecule has 0 saturated heterocycles. The molecule has 0 saturated carbocycles. The van der Waals surface area contributed by atoms with E-state index in [-0.39, 0.29) is 5.91 Å². The molecule has 1 amide bonds. The normalized spacial score (nSPS) is 10.6. The molecular formula is C17H16N2O4. The molecule has 0 bridgehead atoms. The summed E-state index contributed by atoms with van der Waals surface area (Å²) < 4.78 is 15.8. The van der Waals surface area contributed by atoms with Crippen molar-refractivity contribution < 1.29 is 18.7 Å². The van der Waals surface area contributed by atoms with Crippen LogP contribution in [0.3, 0.4) is 0 Å². The van der Waals surface area contributed by atoms with Gasteiger partial charge in [0.1, 0.15) is 17.0 Å². The van der Waals surface area contributed by atoms with Gasteiger partial charge in [-0.1, -0.05) is 0 Å². The maximum absolute atomic E-state index is 12.4. The van der Waals surface area contributed by atoms with Crippen LogP contribution < -0.4 is 14.8 Å². The number of ether oxygens (including phenoxy) is 2. The average molecular weight is 312 g/mol. The van der Waals surface area contributed by atoms with Crippen molar-refractivity contribution in [3.05, 3.63) is 47.9 Å². The van der Waals surface area contributed by atoms with E-state index < -0.39 is 0 Å². The van der Waals surface area contributed by atoms with E-state index in [1.54, 1.807) is 50.4 Å². The van der Waals surface area contributed by atoms with Crippen LogP contribution in [-0.4, -0.2) is 25.1 Å². The standard InChI is InChI=1S/C17H16N2O4/c1-10-18-14-8-11(4-7-15(14)23-10)17(20)19-13-6-5-12(21-2)9-16(13)22-3/h4-9H,1-3H3,(H,19,20). The van der Waals surface area contributed by atoms with E-state index in [1.165, 1.54) is 7.11 Å². The lowest BCUT2D eigenvalue weighted by Crippen LogP contribution is -2.12. The lowest BCUT2D eigenvalue weighted by atomic mass is 10.2. The summed E-state index contributed by atoms with van der Waals surface area (Å²) in [6.45, 7) is 1.77. The van der Waals surface area contributed by atoms with E-state index in [1.807, 2.05) is 0 Å². The Morgan fingerprint density at radius 2 is 1.96 bits per heavy atom. The first-order valence-corrected chi connectivity index (χ1v) is 7.01. The number of aryl methyl sites for hydroxylation is 1. The molecule has 118 valence electrons. The summed E-state index contributed by atoms with van der Waals surface area (Å²) in [6, 6.07) is 10.3. The van der Waals surface area contributed by atoms with Gasteiger partial charge in [-0.2, -0.15) is 0 Å². The first-order valence-electron chi connectivity index (χ1n) is 7.01. The number of carbonyl (C=O) groups excluding carboxylic acids is 1. The molecule has 3 rings (SSSR count). The summed E-state index contributed by atoms with van der Waals surface area (Å²) in [4.78, 5) is 16.7. The molecule has 23 heavy (non-hydrogen) atoms. The second-order valence-electron chi connectivity index (χ2n) is 4.94. The van der Waals surface area contributed by atoms with Gasteiger partial charge in [0.15, 0.2) is 11.5 Å². The molecule has 0 fully saturated rings. The second kappa shape index (κ2) is 6.00. The molecule has 0 spiro atoms. The number of benzene rings is 2. The molecule has 2 aromatic carbocycles. The van der Waals surface area contributed by atoms with Crippen LogP contribution in [0.25, 0.3) is 11.1 Å². The number of aromatic nitrogens is 1. The number of hydrogen-bond donors (Lipinski definition) is 1. The highest BCUT2D eigenvalue weighted by Crippen LogP contribution is 2.29. The number of nitrogens with zero attached hydrogens (tertiary/aromatic N) is 1. The number of amides is 1. The van der Waals surface area contributed by atoms with Gasteiger partial charge in [-0.25, -0.2) is 4.98 Å². The molecule has 0 aliphatic heterocycles. The largest absolute Gasteiger partial charge is 0.497 e. The summed E-state index contributed by atoms with van der Waals surface area (Å²) in [6.07, 6.45) is 0. The number of anilines is 1. The number of methoxy groups -OCH3 is 2. The highest BCUT2D eigenvalue weighted by molar-refractivity contribution is 6.06. The molecule has 3 aromatic rings.